The molecule has 1 aromatic rings. The van der Waals surface area contributed by atoms with E-state index in [-0.39, 0.29) is 6.61 Å². The van der Waals surface area contributed by atoms with Crippen LogP contribution in [0.15, 0.2) is 5.16 Å². The van der Waals surface area contributed by atoms with E-state index >= 15 is 0 Å². The standard InChI is InChI=1S/C10H11N5OS/c11-3-10-9(12-14-17-10)6-16-13-8-5-15-2-1-7(8)4-15/h7H,1-2,4-6H2/b13-8+. The summed E-state index contributed by atoms with van der Waals surface area (Å²) in [5, 5.41) is 16.8. The van der Waals surface area contributed by atoms with Crippen molar-refractivity contribution in [3.63, 3.8) is 0 Å². The minimum absolute atomic E-state index is 0.232. The molecule has 6 nitrogen and oxygen atoms in total. The third-order valence-electron chi connectivity index (χ3n) is 3.17. The summed E-state index contributed by atoms with van der Waals surface area (Å²) in [6, 6.07) is 2.04. The van der Waals surface area contributed by atoms with Crippen molar-refractivity contribution in [1.82, 2.24) is 14.5 Å². The number of fused-ring (bicyclic) bond motifs is 2. The summed E-state index contributed by atoms with van der Waals surface area (Å²) in [6.45, 7) is 3.45. The number of aromatic nitrogens is 2. The highest BCUT2D eigenvalue weighted by atomic mass is 32.1. The molecule has 88 valence electrons. The second kappa shape index (κ2) is 4.39. The van der Waals surface area contributed by atoms with Crippen molar-refractivity contribution in [1.29, 1.82) is 5.26 Å². The normalized spacial score (nSPS) is 28.5. The molecule has 2 aliphatic heterocycles. The maximum atomic E-state index is 8.79. The van der Waals surface area contributed by atoms with Crippen LogP contribution in [0.4, 0.5) is 0 Å². The van der Waals surface area contributed by atoms with Crippen molar-refractivity contribution in [3.8, 4) is 6.07 Å². The van der Waals surface area contributed by atoms with Gasteiger partial charge in [0, 0.05) is 19.0 Å². The molecule has 7 heteroatoms. The molecule has 2 unspecified atom stereocenters. The van der Waals surface area contributed by atoms with Gasteiger partial charge >= 0.3 is 0 Å². The van der Waals surface area contributed by atoms with Crippen LogP contribution in [0.5, 0.6) is 0 Å². The van der Waals surface area contributed by atoms with Gasteiger partial charge in [0.25, 0.3) is 0 Å². The Labute approximate surface area is 103 Å². The molecule has 0 spiro atoms. The molecule has 0 saturated carbocycles. The average molecular weight is 249 g/mol. The Hall–Kier alpha value is -1.52. The second-order valence-corrected chi connectivity index (χ2v) is 4.99. The topological polar surface area (TPSA) is 74.4 Å². The molecule has 0 radical (unpaired) electrons. The molecule has 3 rings (SSSR count). The zero-order valence-corrected chi connectivity index (χ0v) is 9.98. The third kappa shape index (κ3) is 2.01. The monoisotopic (exact) mass is 249 g/mol. The minimum atomic E-state index is 0.232. The third-order valence-corrected chi connectivity index (χ3v) is 3.84. The Morgan fingerprint density at radius 2 is 2.59 bits per heavy atom. The molecule has 2 saturated heterocycles. The molecule has 17 heavy (non-hydrogen) atoms. The number of nitriles is 1. The summed E-state index contributed by atoms with van der Waals surface area (Å²) < 4.78 is 3.71. The van der Waals surface area contributed by atoms with E-state index in [1.54, 1.807) is 0 Å². The van der Waals surface area contributed by atoms with Crippen LogP contribution in [0.3, 0.4) is 0 Å². The molecule has 1 aromatic heterocycles. The van der Waals surface area contributed by atoms with Gasteiger partial charge in [-0.15, -0.1) is 5.10 Å². The van der Waals surface area contributed by atoms with E-state index in [2.05, 4.69) is 19.6 Å². The lowest BCUT2D eigenvalue weighted by Gasteiger charge is -2.12. The zero-order valence-electron chi connectivity index (χ0n) is 9.17. The number of hydrogen-bond donors (Lipinski definition) is 0. The lowest BCUT2D eigenvalue weighted by molar-refractivity contribution is 0.125. The van der Waals surface area contributed by atoms with Crippen molar-refractivity contribution in [2.45, 2.75) is 13.0 Å². The van der Waals surface area contributed by atoms with Crippen molar-refractivity contribution in [2.75, 3.05) is 19.6 Å². The van der Waals surface area contributed by atoms with E-state index < -0.39 is 0 Å². The molecule has 0 N–H and O–H groups in total. The second-order valence-electron chi connectivity index (χ2n) is 4.24. The van der Waals surface area contributed by atoms with Gasteiger partial charge in [-0.25, -0.2) is 0 Å². The first-order chi connectivity index (χ1) is 8.36. The maximum absolute atomic E-state index is 8.79. The highest BCUT2D eigenvalue weighted by Crippen LogP contribution is 2.25. The maximum Gasteiger partial charge on any atom is 0.163 e. The summed E-state index contributed by atoms with van der Waals surface area (Å²) in [4.78, 5) is 8.15. The highest BCUT2D eigenvalue weighted by Gasteiger charge is 2.35. The molecule has 0 aliphatic carbocycles. The lowest BCUT2D eigenvalue weighted by Crippen LogP contribution is -2.23. The van der Waals surface area contributed by atoms with Gasteiger partial charge in [-0.05, 0) is 24.5 Å². The molecular weight excluding hydrogens is 238 g/mol. The van der Waals surface area contributed by atoms with Gasteiger partial charge in [0.05, 0.1) is 5.71 Å². The fraction of sp³-hybridized carbons (Fsp3) is 0.600. The van der Waals surface area contributed by atoms with E-state index in [9.17, 15) is 0 Å². The highest BCUT2D eigenvalue weighted by molar-refractivity contribution is 7.06. The van der Waals surface area contributed by atoms with E-state index in [0.717, 1.165) is 30.3 Å². The largest absolute Gasteiger partial charge is 0.389 e. The van der Waals surface area contributed by atoms with Gasteiger partial charge in [0.15, 0.2) is 11.5 Å². The van der Waals surface area contributed by atoms with Gasteiger partial charge in [0.2, 0.25) is 0 Å². The van der Waals surface area contributed by atoms with Gasteiger partial charge in [-0.1, -0.05) is 9.64 Å². The first kappa shape index (κ1) is 10.6. The first-order valence-corrected chi connectivity index (χ1v) is 6.26. The molecular formula is C10H11N5OS. The summed E-state index contributed by atoms with van der Waals surface area (Å²) in [6.07, 6.45) is 1.18. The molecule has 3 heterocycles. The van der Waals surface area contributed by atoms with Crippen LogP contribution in [-0.4, -0.2) is 39.8 Å². The van der Waals surface area contributed by atoms with E-state index in [1.807, 2.05) is 6.07 Å². The SMILES string of the molecule is N#Cc1snnc1CO/N=C1\CN2CCC1C2. The summed E-state index contributed by atoms with van der Waals surface area (Å²) in [7, 11) is 0. The van der Waals surface area contributed by atoms with E-state index in [4.69, 9.17) is 10.1 Å². The Kier molecular flexibility index (Phi) is 2.74. The number of hydrogen-bond acceptors (Lipinski definition) is 7. The lowest BCUT2D eigenvalue weighted by atomic mass is 10.0. The van der Waals surface area contributed by atoms with Gasteiger partial charge < -0.3 is 4.84 Å². The molecule has 0 amide bonds. The molecule has 2 atom stereocenters. The number of piperidine rings is 1. The summed E-state index contributed by atoms with van der Waals surface area (Å²) in [5.74, 6) is 0.569. The first-order valence-electron chi connectivity index (χ1n) is 5.49. The number of rotatable bonds is 3. The fourth-order valence-corrected chi connectivity index (χ4v) is 2.74. The molecule has 0 aromatic carbocycles. The van der Waals surface area contributed by atoms with Crippen LogP contribution >= 0.6 is 11.5 Å². The average Bonchev–Trinajstić information content (AvgIpc) is 3.04. The summed E-state index contributed by atoms with van der Waals surface area (Å²) >= 11 is 1.09. The quantitative estimate of drug-likeness (QED) is 0.734. The van der Waals surface area contributed by atoms with Crippen LogP contribution in [0.2, 0.25) is 0 Å². The van der Waals surface area contributed by atoms with E-state index in [0.29, 0.717) is 16.5 Å². The Bertz CT molecular complexity index is 491. The van der Waals surface area contributed by atoms with Crippen LogP contribution in [0.1, 0.15) is 17.0 Å². The van der Waals surface area contributed by atoms with Crippen molar-refractivity contribution in [2.24, 2.45) is 11.1 Å². The van der Waals surface area contributed by atoms with Crippen molar-refractivity contribution < 1.29 is 4.84 Å². The number of nitrogens with zero attached hydrogens (tertiary/aromatic N) is 5. The van der Waals surface area contributed by atoms with Gasteiger partial charge in [-0.3, -0.25) is 4.90 Å². The number of oxime groups is 1. The zero-order chi connectivity index (χ0) is 11.7. The van der Waals surface area contributed by atoms with Crippen LogP contribution < -0.4 is 0 Å². The van der Waals surface area contributed by atoms with Crippen LogP contribution in [-0.2, 0) is 11.4 Å². The van der Waals surface area contributed by atoms with Crippen LogP contribution in [0.25, 0.3) is 0 Å². The molecule has 2 aliphatic rings. The Morgan fingerprint density at radius 1 is 1.65 bits per heavy atom. The molecule has 2 bridgehead atoms. The van der Waals surface area contributed by atoms with Crippen molar-refractivity contribution in [3.05, 3.63) is 10.6 Å². The predicted molar refractivity (Wildman–Crippen MR) is 61.4 cm³/mol. The Morgan fingerprint density at radius 3 is 3.29 bits per heavy atom. The fourth-order valence-electron chi connectivity index (χ4n) is 2.27. The smallest absolute Gasteiger partial charge is 0.163 e. The minimum Gasteiger partial charge on any atom is -0.389 e. The predicted octanol–water partition coefficient (Wildman–Crippen LogP) is 0.618. The Balaban J connectivity index is 1.59. The molecule has 2 fully saturated rings. The van der Waals surface area contributed by atoms with E-state index in [1.165, 1.54) is 13.0 Å². The summed E-state index contributed by atoms with van der Waals surface area (Å²) in [5.41, 5.74) is 1.70. The van der Waals surface area contributed by atoms with Gasteiger partial charge in [0.1, 0.15) is 11.8 Å². The van der Waals surface area contributed by atoms with Gasteiger partial charge in [-0.2, -0.15) is 5.26 Å². The van der Waals surface area contributed by atoms with Crippen molar-refractivity contribution >= 4 is 17.2 Å². The van der Waals surface area contributed by atoms with Crippen LogP contribution in [0, 0.1) is 17.2 Å².